The van der Waals surface area contributed by atoms with Gasteiger partial charge in [-0.1, -0.05) is 18.1 Å². The third-order valence-electron chi connectivity index (χ3n) is 1.30. The number of rotatable bonds is 1. The zero-order valence-corrected chi connectivity index (χ0v) is 6.44. The van der Waals surface area contributed by atoms with Crippen LogP contribution in [0, 0.1) is 12.3 Å². The molecular formula is C9H8S. The van der Waals surface area contributed by atoms with Gasteiger partial charge in [-0.3, -0.25) is 0 Å². The first kappa shape index (κ1) is 7.24. The maximum absolute atomic E-state index is 5.17. The highest BCUT2D eigenvalue weighted by Gasteiger charge is 1.87. The van der Waals surface area contributed by atoms with Crippen molar-refractivity contribution < 1.29 is 0 Å². The Balaban J connectivity index is 2.93. The summed E-state index contributed by atoms with van der Waals surface area (Å²) < 4.78 is 0. The van der Waals surface area contributed by atoms with E-state index in [1.54, 1.807) is 0 Å². The molecule has 0 spiro atoms. The average Bonchev–Trinajstić information content (AvgIpc) is 2.05. The predicted molar refractivity (Wildman–Crippen MR) is 47.1 cm³/mol. The fourth-order valence-corrected chi connectivity index (χ4v) is 0.917. The predicted octanol–water partition coefficient (Wildman–Crippen LogP) is 2.10. The van der Waals surface area contributed by atoms with Gasteiger partial charge < -0.3 is 0 Å². The molecule has 0 aliphatic carbocycles. The quantitative estimate of drug-likeness (QED) is 0.457. The lowest BCUT2D eigenvalue weighted by molar-refractivity contribution is 1.42. The SMILES string of the molecule is C#Cc1ccc(CS)cc1. The van der Waals surface area contributed by atoms with Crippen molar-refractivity contribution in [2.75, 3.05) is 0 Å². The normalized spacial score (nSPS) is 8.80. The second-order valence-corrected chi connectivity index (χ2v) is 2.32. The van der Waals surface area contributed by atoms with Gasteiger partial charge in [0.2, 0.25) is 0 Å². The molecule has 1 aromatic carbocycles. The third-order valence-corrected chi connectivity index (χ3v) is 1.67. The number of hydrogen-bond donors (Lipinski definition) is 1. The summed E-state index contributed by atoms with van der Waals surface area (Å²) in [6, 6.07) is 7.82. The molecule has 0 saturated carbocycles. The molecule has 0 bridgehead atoms. The zero-order chi connectivity index (χ0) is 7.40. The van der Waals surface area contributed by atoms with Crippen LogP contribution >= 0.6 is 12.6 Å². The smallest absolute Gasteiger partial charge is 0.0242 e. The summed E-state index contributed by atoms with van der Waals surface area (Å²) in [6.45, 7) is 0. The van der Waals surface area contributed by atoms with E-state index in [2.05, 4.69) is 18.5 Å². The van der Waals surface area contributed by atoms with Gasteiger partial charge in [0.05, 0.1) is 0 Å². The Labute approximate surface area is 66.7 Å². The molecule has 0 heterocycles. The zero-order valence-electron chi connectivity index (χ0n) is 5.54. The molecule has 0 atom stereocenters. The minimum absolute atomic E-state index is 0.769. The average molecular weight is 148 g/mol. The monoisotopic (exact) mass is 148 g/mol. The number of hydrogen-bond acceptors (Lipinski definition) is 1. The number of benzene rings is 1. The molecule has 0 aliphatic heterocycles. The molecule has 0 aromatic heterocycles. The molecule has 1 aromatic rings. The Morgan fingerprint density at radius 2 is 1.90 bits per heavy atom. The van der Waals surface area contributed by atoms with Gasteiger partial charge in [0.25, 0.3) is 0 Å². The molecule has 0 amide bonds. The minimum Gasteiger partial charge on any atom is -0.175 e. The third kappa shape index (κ3) is 1.55. The van der Waals surface area contributed by atoms with Gasteiger partial charge in [0, 0.05) is 11.3 Å². The molecule has 0 aliphatic rings. The fourth-order valence-electron chi connectivity index (χ4n) is 0.706. The Morgan fingerprint density at radius 1 is 1.30 bits per heavy atom. The molecule has 0 N–H and O–H groups in total. The summed E-state index contributed by atoms with van der Waals surface area (Å²) in [5, 5.41) is 0. The topological polar surface area (TPSA) is 0 Å². The van der Waals surface area contributed by atoms with Crippen molar-refractivity contribution in [2.24, 2.45) is 0 Å². The molecule has 0 nitrogen and oxygen atoms in total. The van der Waals surface area contributed by atoms with Crippen molar-refractivity contribution in [1.82, 2.24) is 0 Å². The molecule has 1 heteroatoms. The summed E-state index contributed by atoms with van der Waals surface area (Å²) in [5.41, 5.74) is 2.12. The van der Waals surface area contributed by atoms with Gasteiger partial charge in [0.15, 0.2) is 0 Å². The molecule has 1 rings (SSSR count). The molecule has 50 valence electrons. The van der Waals surface area contributed by atoms with Crippen LogP contribution in [0.3, 0.4) is 0 Å². The van der Waals surface area contributed by atoms with Crippen LogP contribution in [0.25, 0.3) is 0 Å². The number of terminal acetylenes is 1. The van der Waals surface area contributed by atoms with E-state index >= 15 is 0 Å². The first-order valence-electron chi connectivity index (χ1n) is 3.03. The van der Waals surface area contributed by atoms with Crippen LogP contribution in [-0.2, 0) is 5.75 Å². The van der Waals surface area contributed by atoms with E-state index in [4.69, 9.17) is 6.42 Å². The summed E-state index contributed by atoms with van der Waals surface area (Å²) in [6.07, 6.45) is 5.17. The molecule has 0 unspecified atom stereocenters. The van der Waals surface area contributed by atoms with Crippen molar-refractivity contribution in [3.63, 3.8) is 0 Å². The van der Waals surface area contributed by atoms with Gasteiger partial charge in [-0.2, -0.15) is 12.6 Å². The largest absolute Gasteiger partial charge is 0.175 e. The van der Waals surface area contributed by atoms with Gasteiger partial charge in [-0.15, -0.1) is 6.42 Å². The molecular weight excluding hydrogens is 140 g/mol. The van der Waals surface area contributed by atoms with E-state index in [1.807, 2.05) is 24.3 Å². The van der Waals surface area contributed by atoms with Crippen molar-refractivity contribution >= 4 is 12.6 Å². The van der Waals surface area contributed by atoms with Gasteiger partial charge in [-0.05, 0) is 17.7 Å². The summed E-state index contributed by atoms with van der Waals surface area (Å²) in [4.78, 5) is 0. The number of thiol groups is 1. The van der Waals surface area contributed by atoms with E-state index in [-0.39, 0.29) is 0 Å². The van der Waals surface area contributed by atoms with Crippen molar-refractivity contribution in [3.05, 3.63) is 35.4 Å². The lowest BCUT2D eigenvalue weighted by atomic mass is 10.2. The Hall–Kier alpha value is -0.870. The first-order chi connectivity index (χ1) is 4.86. The van der Waals surface area contributed by atoms with E-state index in [9.17, 15) is 0 Å². The van der Waals surface area contributed by atoms with E-state index in [0.29, 0.717) is 0 Å². The lowest BCUT2D eigenvalue weighted by Crippen LogP contribution is -1.77. The Bertz CT molecular complexity index is 240. The summed E-state index contributed by atoms with van der Waals surface area (Å²) >= 11 is 4.12. The highest BCUT2D eigenvalue weighted by Crippen LogP contribution is 2.04. The fraction of sp³-hybridized carbons (Fsp3) is 0.111. The molecule has 0 saturated heterocycles. The standard InChI is InChI=1S/C9H8S/c1-2-8-3-5-9(7-10)6-4-8/h1,3-6,10H,7H2. The molecule has 0 radical (unpaired) electrons. The van der Waals surface area contributed by atoms with Crippen molar-refractivity contribution in [2.45, 2.75) is 5.75 Å². The van der Waals surface area contributed by atoms with Crippen LogP contribution in [0.5, 0.6) is 0 Å². The van der Waals surface area contributed by atoms with Gasteiger partial charge >= 0.3 is 0 Å². The Kier molecular flexibility index (Phi) is 2.42. The highest BCUT2D eigenvalue weighted by molar-refractivity contribution is 7.79. The summed E-state index contributed by atoms with van der Waals surface area (Å²) in [5.74, 6) is 3.32. The second kappa shape index (κ2) is 3.34. The van der Waals surface area contributed by atoms with Crippen LogP contribution in [0.1, 0.15) is 11.1 Å². The lowest BCUT2D eigenvalue weighted by Gasteiger charge is -1.93. The second-order valence-electron chi connectivity index (χ2n) is 2.00. The molecule has 0 fully saturated rings. The maximum atomic E-state index is 5.17. The van der Waals surface area contributed by atoms with Crippen LogP contribution in [-0.4, -0.2) is 0 Å². The van der Waals surface area contributed by atoms with Crippen molar-refractivity contribution in [3.8, 4) is 12.3 Å². The maximum Gasteiger partial charge on any atom is 0.0242 e. The summed E-state index contributed by atoms with van der Waals surface area (Å²) in [7, 11) is 0. The first-order valence-corrected chi connectivity index (χ1v) is 3.66. The van der Waals surface area contributed by atoms with Gasteiger partial charge in [0.1, 0.15) is 0 Å². The van der Waals surface area contributed by atoms with E-state index in [1.165, 1.54) is 5.56 Å². The van der Waals surface area contributed by atoms with Crippen molar-refractivity contribution in [1.29, 1.82) is 0 Å². The van der Waals surface area contributed by atoms with Crippen LogP contribution in [0.15, 0.2) is 24.3 Å². The van der Waals surface area contributed by atoms with E-state index in [0.717, 1.165) is 11.3 Å². The van der Waals surface area contributed by atoms with Crippen LogP contribution in [0.4, 0.5) is 0 Å². The Morgan fingerprint density at radius 3 is 2.30 bits per heavy atom. The molecule has 10 heavy (non-hydrogen) atoms. The van der Waals surface area contributed by atoms with E-state index < -0.39 is 0 Å². The van der Waals surface area contributed by atoms with Gasteiger partial charge in [-0.25, -0.2) is 0 Å². The van der Waals surface area contributed by atoms with Crippen LogP contribution < -0.4 is 0 Å². The minimum atomic E-state index is 0.769. The van der Waals surface area contributed by atoms with Crippen LogP contribution in [0.2, 0.25) is 0 Å². The highest BCUT2D eigenvalue weighted by atomic mass is 32.1.